The number of hydrogen-bond acceptors (Lipinski definition) is 5. The molecule has 1 fully saturated rings. The first-order valence-electron chi connectivity index (χ1n) is 6.62. The van der Waals surface area contributed by atoms with Crippen molar-refractivity contribution in [3.05, 3.63) is 12.2 Å². The zero-order chi connectivity index (χ0) is 15.1. The molecule has 0 bridgehead atoms. The maximum absolute atomic E-state index is 11.9. The van der Waals surface area contributed by atoms with Gasteiger partial charge >= 0.3 is 11.9 Å². The highest BCUT2D eigenvalue weighted by Gasteiger charge is 2.35. The summed E-state index contributed by atoms with van der Waals surface area (Å²) < 4.78 is 9.84. The van der Waals surface area contributed by atoms with E-state index in [0.717, 1.165) is 12.8 Å². The van der Waals surface area contributed by atoms with Crippen molar-refractivity contribution in [1.29, 1.82) is 0 Å². The van der Waals surface area contributed by atoms with Crippen LogP contribution < -0.4 is 0 Å². The molecule has 0 spiro atoms. The summed E-state index contributed by atoms with van der Waals surface area (Å²) in [7, 11) is 0. The van der Waals surface area contributed by atoms with Gasteiger partial charge in [-0.25, -0.2) is 4.79 Å². The lowest BCUT2D eigenvalue weighted by Gasteiger charge is -2.26. The van der Waals surface area contributed by atoms with Crippen LogP contribution in [0.5, 0.6) is 0 Å². The molecule has 0 saturated heterocycles. The van der Waals surface area contributed by atoms with Crippen LogP contribution in [0.3, 0.4) is 0 Å². The third-order valence-corrected chi connectivity index (χ3v) is 3.55. The molecule has 0 aromatic rings. The first-order chi connectivity index (χ1) is 9.43. The van der Waals surface area contributed by atoms with Crippen LogP contribution in [0.15, 0.2) is 12.2 Å². The first kappa shape index (κ1) is 16.7. The van der Waals surface area contributed by atoms with E-state index in [-0.39, 0.29) is 18.8 Å². The molecule has 0 aliphatic heterocycles. The van der Waals surface area contributed by atoms with Crippen molar-refractivity contribution in [1.82, 2.24) is 0 Å². The number of hydrogen-bond donors (Lipinski definition) is 0. The number of carbonyl (C=O) groups excluding carboxylic acids is 3. The third kappa shape index (κ3) is 4.96. The molecule has 0 N–H and O–H groups in total. The minimum atomic E-state index is -0.521. The summed E-state index contributed by atoms with van der Waals surface area (Å²) in [4.78, 5) is 34.3. The van der Waals surface area contributed by atoms with Gasteiger partial charge in [0.25, 0.3) is 0 Å². The van der Waals surface area contributed by atoms with Crippen LogP contribution in [0.2, 0.25) is 0 Å². The molecule has 1 aliphatic rings. The van der Waals surface area contributed by atoms with E-state index >= 15 is 0 Å². The van der Waals surface area contributed by atoms with Crippen LogP contribution in [0.25, 0.3) is 0 Å². The quantitative estimate of drug-likeness (QED) is 0.326. The molecule has 6 heteroatoms. The predicted molar refractivity (Wildman–Crippen MR) is 73.0 cm³/mol. The van der Waals surface area contributed by atoms with E-state index in [9.17, 15) is 14.4 Å². The summed E-state index contributed by atoms with van der Waals surface area (Å²) in [6.07, 6.45) is 2.99. The second kappa shape index (κ2) is 8.04. The highest BCUT2D eigenvalue weighted by molar-refractivity contribution is 6.64. The molecular weight excluding hydrogens is 284 g/mol. The molecule has 2 atom stereocenters. The van der Waals surface area contributed by atoms with Crippen LogP contribution in [0.4, 0.5) is 0 Å². The SMILES string of the molecule is C=C(C)C(=O)OCCOC(=O)C1CCCCC1C(=O)Cl. The molecule has 2 unspecified atom stereocenters. The Balaban J connectivity index is 2.36. The number of halogens is 1. The van der Waals surface area contributed by atoms with Gasteiger partial charge in [0.05, 0.1) is 5.92 Å². The van der Waals surface area contributed by atoms with Crippen LogP contribution in [0.1, 0.15) is 32.6 Å². The van der Waals surface area contributed by atoms with Gasteiger partial charge in [-0.3, -0.25) is 9.59 Å². The van der Waals surface area contributed by atoms with Gasteiger partial charge in [0.15, 0.2) is 0 Å². The molecule has 20 heavy (non-hydrogen) atoms. The molecule has 5 nitrogen and oxygen atoms in total. The van der Waals surface area contributed by atoms with E-state index < -0.39 is 29.0 Å². The Morgan fingerprint density at radius 1 is 1.10 bits per heavy atom. The van der Waals surface area contributed by atoms with Gasteiger partial charge in [-0.2, -0.15) is 0 Å². The lowest BCUT2D eigenvalue weighted by atomic mass is 9.80. The molecule has 1 saturated carbocycles. The van der Waals surface area contributed by atoms with Gasteiger partial charge in [0, 0.05) is 11.5 Å². The Kier molecular flexibility index (Phi) is 6.71. The van der Waals surface area contributed by atoms with E-state index in [1.54, 1.807) is 0 Å². The molecule has 0 radical (unpaired) electrons. The summed E-state index contributed by atoms with van der Waals surface area (Å²) >= 11 is 5.51. The lowest BCUT2D eigenvalue weighted by Crippen LogP contribution is -2.32. The Bertz CT molecular complexity index is 404. The lowest BCUT2D eigenvalue weighted by molar-refractivity contribution is -0.157. The fourth-order valence-electron chi connectivity index (χ4n) is 2.19. The minimum absolute atomic E-state index is 0.0242. The Morgan fingerprint density at radius 2 is 1.65 bits per heavy atom. The molecule has 112 valence electrons. The van der Waals surface area contributed by atoms with Crippen LogP contribution in [-0.2, 0) is 23.9 Å². The minimum Gasteiger partial charge on any atom is -0.462 e. The standard InChI is InChI=1S/C14H19ClO5/c1-9(2)13(17)19-7-8-20-14(18)11-6-4-3-5-10(11)12(15)16/h10-11H,1,3-8H2,2H3. The van der Waals surface area contributed by atoms with Gasteiger partial charge in [0.1, 0.15) is 13.2 Å². The van der Waals surface area contributed by atoms with Gasteiger partial charge in [0.2, 0.25) is 5.24 Å². The van der Waals surface area contributed by atoms with Crippen molar-refractivity contribution in [2.24, 2.45) is 11.8 Å². The van der Waals surface area contributed by atoms with Gasteiger partial charge in [-0.05, 0) is 31.4 Å². The van der Waals surface area contributed by atoms with Crippen molar-refractivity contribution in [2.75, 3.05) is 13.2 Å². The van der Waals surface area contributed by atoms with Crippen LogP contribution >= 0.6 is 11.6 Å². The van der Waals surface area contributed by atoms with E-state index in [4.69, 9.17) is 21.1 Å². The smallest absolute Gasteiger partial charge is 0.333 e. The number of rotatable bonds is 6. The normalized spacial score (nSPS) is 21.9. The molecule has 1 aliphatic carbocycles. The van der Waals surface area contributed by atoms with E-state index in [1.165, 1.54) is 6.92 Å². The second-order valence-electron chi connectivity index (χ2n) is 4.89. The molecular formula is C14H19ClO5. The molecule has 1 rings (SSSR count). The van der Waals surface area contributed by atoms with Gasteiger partial charge in [-0.15, -0.1) is 0 Å². The topological polar surface area (TPSA) is 69.7 Å². The van der Waals surface area contributed by atoms with Crippen molar-refractivity contribution in [3.63, 3.8) is 0 Å². The monoisotopic (exact) mass is 302 g/mol. The Hall–Kier alpha value is -1.36. The zero-order valence-electron chi connectivity index (χ0n) is 11.5. The van der Waals surface area contributed by atoms with Gasteiger partial charge in [-0.1, -0.05) is 19.4 Å². The number of carbonyl (C=O) groups is 3. The predicted octanol–water partition coefficient (Wildman–Crippen LogP) is 2.22. The highest BCUT2D eigenvalue weighted by Crippen LogP contribution is 2.32. The highest BCUT2D eigenvalue weighted by atomic mass is 35.5. The third-order valence-electron chi connectivity index (χ3n) is 3.27. The first-order valence-corrected chi connectivity index (χ1v) is 7.00. The summed E-state index contributed by atoms with van der Waals surface area (Å²) in [6.45, 7) is 4.92. The summed E-state index contributed by atoms with van der Waals surface area (Å²) in [6, 6.07) is 0. The summed E-state index contributed by atoms with van der Waals surface area (Å²) in [5, 5.41) is -0.486. The number of esters is 2. The van der Waals surface area contributed by atoms with Crippen LogP contribution in [-0.4, -0.2) is 30.4 Å². The number of ether oxygens (including phenoxy) is 2. The summed E-state index contributed by atoms with van der Waals surface area (Å²) in [5.74, 6) is -1.91. The molecule has 0 aromatic heterocycles. The molecule has 0 amide bonds. The Morgan fingerprint density at radius 3 is 2.20 bits per heavy atom. The van der Waals surface area contributed by atoms with Crippen molar-refractivity contribution >= 4 is 28.8 Å². The van der Waals surface area contributed by atoms with E-state index in [1.807, 2.05) is 0 Å². The van der Waals surface area contributed by atoms with E-state index in [2.05, 4.69) is 6.58 Å². The molecule has 0 aromatic carbocycles. The van der Waals surface area contributed by atoms with Crippen molar-refractivity contribution in [2.45, 2.75) is 32.6 Å². The second-order valence-corrected chi connectivity index (χ2v) is 5.26. The Labute approximate surface area is 123 Å². The van der Waals surface area contributed by atoms with Crippen molar-refractivity contribution < 1.29 is 23.9 Å². The van der Waals surface area contributed by atoms with Crippen molar-refractivity contribution in [3.8, 4) is 0 Å². The fraction of sp³-hybridized carbons (Fsp3) is 0.643. The van der Waals surface area contributed by atoms with Gasteiger partial charge < -0.3 is 9.47 Å². The maximum atomic E-state index is 11.9. The van der Waals surface area contributed by atoms with E-state index in [0.29, 0.717) is 12.8 Å². The summed E-state index contributed by atoms with van der Waals surface area (Å²) in [5.41, 5.74) is 0.288. The fourth-order valence-corrected chi connectivity index (χ4v) is 2.45. The zero-order valence-corrected chi connectivity index (χ0v) is 12.3. The maximum Gasteiger partial charge on any atom is 0.333 e. The average Bonchev–Trinajstić information content (AvgIpc) is 2.42. The largest absolute Gasteiger partial charge is 0.462 e. The molecule has 0 heterocycles. The van der Waals surface area contributed by atoms with Crippen LogP contribution in [0, 0.1) is 11.8 Å². The average molecular weight is 303 g/mol.